The molecule has 0 fully saturated rings. The van der Waals surface area contributed by atoms with Gasteiger partial charge in [0.05, 0.1) is 6.10 Å². The van der Waals surface area contributed by atoms with Crippen molar-refractivity contribution in [3.8, 4) is 0 Å². The second-order valence-corrected chi connectivity index (χ2v) is 5.10. The van der Waals surface area contributed by atoms with Gasteiger partial charge in [-0.25, -0.2) is 0 Å². The van der Waals surface area contributed by atoms with Crippen LogP contribution in [0.3, 0.4) is 0 Å². The van der Waals surface area contributed by atoms with Gasteiger partial charge in [-0.1, -0.05) is 26.7 Å². The molecule has 80 valence electrons. The first-order valence-electron chi connectivity index (χ1n) is 5.33. The predicted molar refractivity (Wildman–Crippen MR) is 62.3 cm³/mol. The standard InChI is InChI=1S/C11H24OS/c1-10(2)6-4-7-11(12)8-5-9-13-3/h10-12H,4-9H2,1-3H3. The van der Waals surface area contributed by atoms with Gasteiger partial charge < -0.3 is 5.11 Å². The lowest BCUT2D eigenvalue weighted by Crippen LogP contribution is -2.07. The van der Waals surface area contributed by atoms with Crippen LogP contribution < -0.4 is 0 Å². The summed E-state index contributed by atoms with van der Waals surface area (Å²) in [5, 5.41) is 9.58. The normalized spacial score (nSPS) is 13.6. The van der Waals surface area contributed by atoms with E-state index in [4.69, 9.17) is 0 Å². The lowest BCUT2D eigenvalue weighted by Gasteiger charge is -2.10. The van der Waals surface area contributed by atoms with E-state index in [0.717, 1.165) is 25.2 Å². The Balaban J connectivity index is 3.15. The topological polar surface area (TPSA) is 20.2 Å². The Labute approximate surface area is 87.3 Å². The van der Waals surface area contributed by atoms with Crippen molar-refractivity contribution in [3.05, 3.63) is 0 Å². The monoisotopic (exact) mass is 204 g/mol. The summed E-state index contributed by atoms with van der Waals surface area (Å²) in [7, 11) is 0. The van der Waals surface area contributed by atoms with Gasteiger partial charge in [-0.05, 0) is 37.2 Å². The molecule has 1 N–H and O–H groups in total. The number of hydrogen-bond acceptors (Lipinski definition) is 2. The van der Waals surface area contributed by atoms with E-state index in [-0.39, 0.29) is 6.10 Å². The fourth-order valence-electron chi connectivity index (χ4n) is 1.37. The van der Waals surface area contributed by atoms with E-state index in [1.165, 1.54) is 18.6 Å². The van der Waals surface area contributed by atoms with Crippen LogP contribution in [0.25, 0.3) is 0 Å². The molecule has 2 heteroatoms. The molecule has 0 amide bonds. The molecule has 0 aliphatic heterocycles. The van der Waals surface area contributed by atoms with Gasteiger partial charge in [0.15, 0.2) is 0 Å². The Bertz CT molecular complexity index is 104. The average Bonchev–Trinajstić information content (AvgIpc) is 2.04. The van der Waals surface area contributed by atoms with Crippen LogP contribution in [0.5, 0.6) is 0 Å². The highest BCUT2D eigenvalue weighted by molar-refractivity contribution is 7.98. The van der Waals surface area contributed by atoms with Crippen molar-refractivity contribution in [3.63, 3.8) is 0 Å². The molecule has 0 aromatic heterocycles. The van der Waals surface area contributed by atoms with E-state index >= 15 is 0 Å². The quantitative estimate of drug-likeness (QED) is 0.612. The molecule has 0 rings (SSSR count). The third kappa shape index (κ3) is 10.2. The zero-order valence-corrected chi connectivity index (χ0v) is 10.1. The van der Waals surface area contributed by atoms with E-state index in [9.17, 15) is 5.11 Å². The molecule has 1 atom stereocenters. The van der Waals surface area contributed by atoms with E-state index < -0.39 is 0 Å². The fraction of sp³-hybridized carbons (Fsp3) is 1.00. The van der Waals surface area contributed by atoms with E-state index in [1.807, 2.05) is 11.8 Å². The third-order valence-corrected chi connectivity index (χ3v) is 2.90. The summed E-state index contributed by atoms with van der Waals surface area (Å²) >= 11 is 1.86. The highest BCUT2D eigenvalue weighted by Gasteiger charge is 2.03. The average molecular weight is 204 g/mol. The summed E-state index contributed by atoms with van der Waals surface area (Å²) < 4.78 is 0. The Hall–Kier alpha value is 0.310. The number of aliphatic hydroxyl groups excluding tert-OH is 1. The molecule has 0 aliphatic carbocycles. The minimum Gasteiger partial charge on any atom is -0.393 e. The van der Waals surface area contributed by atoms with Crippen molar-refractivity contribution in [2.24, 2.45) is 5.92 Å². The van der Waals surface area contributed by atoms with Crippen molar-refractivity contribution in [1.29, 1.82) is 0 Å². The van der Waals surface area contributed by atoms with Crippen LogP contribution in [0.4, 0.5) is 0 Å². The van der Waals surface area contributed by atoms with Crippen LogP contribution in [0.1, 0.15) is 46.0 Å². The number of rotatable bonds is 8. The molecular formula is C11H24OS. The minimum absolute atomic E-state index is 0.0501. The van der Waals surface area contributed by atoms with Crippen molar-refractivity contribution in [1.82, 2.24) is 0 Å². The molecule has 0 bridgehead atoms. The molecule has 0 saturated heterocycles. The molecule has 0 radical (unpaired) electrons. The van der Waals surface area contributed by atoms with Crippen molar-refractivity contribution in [2.75, 3.05) is 12.0 Å². The SMILES string of the molecule is CSCCCC(O)CCCC(C)C. The number of thioether (sulfide) groups is 1. The molecule has 0 aromatic carbocycles. The van der Waals surface area contributed by atoms with E-state index in [0.29, 0.717) is 0 Å². The Morgan fingerprint density at radius 2 is 1.69 bits per heavy atom. The van der Waals surface area contributed by atoms with Crippen molar-refractivity contribution >= 4 is 11.8 Å². The highest BCUT2D eigenvalue weighted by Crippen LogP contribution is 2.12. The summed E-state index contributed by atoms with van der Waals surface area (Å²) in [4.78, 5) is 0. The van der Waals surface area contributed by atoms with Crippen molar-refractivity contribution in [2.45, 2.75) is 52.1 Å². The largest absolute Gasteiger partial charge is 0.393 e. The highest BCUT2D eigenvalue weighted by atomic mass is 32.2. The molecule has 1 unspecified atom stereocenters. The van der Waals surface area contributed by atoms with Gasteiger partial charge in [0, 0.05) is 0 Å². The molecule has 0 saturated carbocycles. The van der Waals surface area contributed by atoms with Crippen LogP contribution in [0.2, 0.25) is 0 Å². The molecule has 0 aromatic rings. The maximum atomic E-state index is 9.58. The Kier molecular flexibility index (Phi) is 9.10. The maximum Gasteiger partial charge on any atom is 0.0540 e. The van der Waals surface area contributed by atoms with Crippen LogP contribution >= 0.6 is 11.8 Å². The second kappa shape index (κ2) is 8.89. The van der Waals surface area contributed by atoms with Gasteiger partial charge in [0.2, 0.25) is 0 Å². The number of aliphatic hydroxyl groups is 1. The Morgan fingerprint density at radius 1 is 1.08 bits per heavy atom. The van der Waals surface area contributed by atoms with Gasteiger partial charge in [0.25, 0.3) is 0 Å². The van der Waals surface area contributed by atoms with Gasteiger partial charge in [-0.15, -0.1) is 0 Å². The van der Waals surface area contributed by atoms with E-state index in [1.54, 1.807) is 0 Å². The van der Waals surface area contributed by atoms with Crippen LogP contribution in [-0.4, -0.2) is 23.2 Å². The smallest absolute Gasteiger partial charge is 0.0540 e. The third-order valence-electron chi connectivity index (χ3n) is 2.20. The molecule has 0 heterocycles. The summed E-state index contributed by atoms with van der Waals surface area (Å²) in [5.74, 6) is 1.96. The number of hydrogen-bond donors (Lipinski definition) is 1. The summed E-state index contributed by atoms with van der Waals surface area (Å²) in [6, 6.07) is 0. The van der Waals surface area contributed by atoms with Gasteiger partial charge in [-0.3, -0.25) is 0 Å². The first kappa shape index (κ1) is 13.3. The van der Waals surface area contributed by atoms with E-state index in [2.05, 4.69) is 20.1 Å². The van der Waals surface area contributed by atoms with Crippen LogP contribution in [-0.2, 0) is 0 Å². The van der Waals surface area contributed by atoms with Gasteiger partial charge in [-0.2, -0.15) is 11.8 Å². The molecule has 0 aliphatic rings. The second-order valence-electron chi connectivity index (χ2n) is 4.11. The van der Waals surface area contributed by atoms with Gasteiger partial charge in [0.1, 0.15) is 0 Å². The molecule has 13 heavy (non-hydrogen) atoms. The molecule has 0 spiro atoms. The maximum absolute atomic E-state index is 9.58. The Morgan fingerprint density at radius 3 is 2.23 bits per heavy atom. The molecular weight excluding hydrogens is 180 g/mol. The van der Waals surface area contributed by atoms with Crippen molar-refractivity contribution < 1.29 is 5.11 Å². The predicted octanol–water partition coefficient (Wildman–Crippen LogP) is 3.32. The first-order valence-corrected chi connectivity index (χ1v) is 6.73. The first-order chi connectivity index (χ1) is 6.16. The summed E-state index contributed by atoms with van der Waals surface area (Å²) in [6.07, 6.45) is 7.63. The minimum atomic E-state index is -0.0501. The zero-order chi connectivity index (χ0) is 10.1. The summed E-state index contributed by atoms with van der Waals surface area (Å²) in [6.45, 7) is 4.47. The fourth-order valence-corrected chi connectivity index (χ4v) is 1.82. The van der Waals surface area contributed by atoms with Crippen LogP contribution in [0, 0.1) is 5.92 Å². The lowest BCUT2D eigenvalue weighted by atomic mass is 10.0. The summed E-state index contributed by atoms with van der Waals surface area (Å²) in [5.41, 5.74) is 0. The molecule has 1 nitrogen and oxygen atoms in total. The lowest BCUT2D eigenvalue weighted by molar-refractivity contribution is 0.149. The van der Waals surface area contributed by atoms with Crippen LogP contribution in [0.15, 0.2) is 0 Å². The van der Waals surface area contributed by atoms with Gasteiger partial charge >= 0.3 is 0 Å². The zero-order valence-electron chi connectivity index (χ0n) is 9.25.